The number of nitrogens with one attached hydrogen (secondary N) is 1. The average Bonchev–Trinajstić information content (AvgIpc) is 2.72. The predicted octanol–water partition coefficient (Wildman–Crippen LogP) is 0.981. The molecule has 2 aliphatic rings. The summed E-state index contributed by atoms with van der Waals surface area (Å²) in [5, 5.41) is 14.5. The van der Waals surface area contributed by atoms with Gasteiger partial charge in [-0.2, -0.15) is 0 Å². The smallest absolute Gasteiger partial charge is 0.336 e. The lowest BCUT2D eigenvalue weighted by molar-refractivity contribution is -0.421. The summed E-state index contributed by atoms with van der Waals surface area (Å²) in [6.07, 6.45) is 4.31. The number of ether oxygens (including phenoxy) is 3. The number of nitro groups is 1. The van der Waals surface area contributed by atoms with Crippen LogP contribution in [0.2, 0.25) is 0 Å². The van der Waals surface area contributed by atoms with Crippen molar-refractivity contribution in [1.29, 1.82) is 0 Å². The van der Waals surface area contributed by atoms with Crippen molar-refractivity contribution in [3.63, 3.8) is 0 Å². The number of dihydropyridines is 1. The van der Waals surface area contributed by atoms with Crippen LogP contribution in [0.4, 0.5) is 0 Å². The number of hydrogen-bond donors (Lipinski definition) is 2. The summed E-state index contributed by atoms with van der Waals surface area (Å²) < 4.78 is 16.1. The molecule has 0 aromatic heterocycles. The third kappa shape index (κ3) is 4.85. The van der Waals surface area contributed by atoms with Crippen LogP contribution in [-0.4, -0.2) is 50.3 Å². The maximum atomic E-state index is 12.9. The topological polar surface area (TPSA) is 143 Å². The minimum Gasteiger partial charge on any atom is -0.493 e. The van der Waals surface area contributed by atoms with E-state index in [1.165, 1.54) is 19.3 Å². The monoisotopic (exact) mass is 419 g/mol. The first kappa shape index (κ1) is 23.1. The molecule has 0 fully saturated rings. The Bertz CT molecular complexity index is 879. The Morgan fingerprint density at radius 1 is 1.30 bits per heavy atom. The molecule has 0 aromatic rings. The second-order valence-electron chi connectivity index (χ2n) is 6.63. The molecule has 2 rings (SSSR count). The van der Waals surface area contributed by atoms with Crippen LogP contribution < -0.4 is 11.1 Å². The maximum Gasteiger partial charge on any atom is 0.336 e. The number of carbonyl (C=O) groups excluding carboxylic acids is 2. The molecule has 0 spiro atoms. The molecule has 1 aliphatic carbocycles. The molecule has 0 radical (unpaired) electrons. The van der Waals surface area contributed by atoms with E-state index in [1.54, 1.807) is 25.9 Å². The third-order valence-corrected chi connectivity index (χ3v) is 4.71. The van der Waals surface area contributed by atoms with Gasteiger partial charge in [0.25, 0.3) is 5.70 Å². The Labute approximate surface area is 173 Å². The zero-order valence-electron chi connectivity index (χ0n) is 17.1. The van der Waals surface area contributed by atoms with Crippen molar-refractivity contribution in [2.75, 3.05) is 33.5 Å². The predicted molar refractivity (Wildman–Crippen MR) is 107 cm³/mol. The van der Waals surface area contributed by atoms with Gasteiger partial charge in [0.2, 0.25) is 0 Å². The number of carbonyl (C=O) groups is 1. The van der Waals surface area contributed by atoms with Gasteiger partial charge in [-0.3, -0.25) is 10.1 Å². The minimum atomic E-state index is -0.849. The third-order valence-electron chi connectivity index (χ3n) is 4.71. The van der Waals surface area contributed by atoms with Crippen LogP contribution in [-0.2, 0) is 23.8 Å². The highest BCUT2D eigenvalue weighted by atomic mass is 16.6. The second kappa shape index (κ2) is 10.5. The highest BCUT2D eigenvalue weighted by Gasteiger charge is 2.43. The fourth-order valence-corrected chi connectivity index (χ4v) is 3.47. The molecule has 0 saturated heterocycles. The van der Waals surface area contributed by atoms with Gasteiger partial charge in [0.1, 0.15) is 30.5 Å². The van der Waals surface area contributed by atoms with Gasteiger partial charge in [0.15, 0.2) is 0 Å². The van der Waals surface area contributed by atoms with Crippen LogP contribution in [0.25, 0.3) is 0 Å². The Morgan fingerprint density at radius 3 is 2.63 bits per heavy atom. The molecular weight excluding hydrogens is 394 g/mol. The molecule has 0 saturated carbocycles. The Balaban J connectivity index is 2.57. The molecular formula is C20H25N3O7. The van der Waals surface area contributed by atoms with Crippen LogP contribution in [0.5, 0.6) is 0 Å². The van der Waals surface area contributed by atoms with Crippen molar-refractivity contribution in [2.24, 2.45) is 17.6 Å². The number of allylic oxidation sites excluding steroid dienone is 7. The standard InChI is InChI=1S/C20H25N3O7/c1-12-17(20(25)30-8-7-21)18(19(13(2)22-12)29-10-9-28-3)14-5-4-6-16(23(26)27)15(14)11-24/h4-6,14,18,22H,7-10,21H2,1-3H3. The summed E-state index contributed by atoms with van der Waals surface area (Å²) in [7, 11) is 1.52. The SMILES string of the molecule is COCCOC1=C(C)NC(C)=C(C(=O)OCCN)C1C1C=CC=C([N+](=O)[O-])C1=C=O. The normalized spacial score (nSPS) is 21.1. The first-order valence-electron chi connectivity index (χ1n) is 9.33. The summed E-state index contributed by atoms with van der Waals surface area (Å²) in [5.74, 6) is -0.269. The van der Waals surface area contributed by atoms with Gasteiger partial charge in [-0.1, -0.05) is 12.2 Å². The van der Waals surface area contributed by atoms with E-state index in [0.717, 1.165) is 0 Å². The first-order valence-corrected chi connectivity index (χ1v) is 9.33. The van der Waals surface area contributed by atoms with E-state index in [1.807, 2.05) is 0 Å². The van der Waals surface area contributed by atoms with Crippen LogP contribution in [0.15, 0.2) is 52.2 Å². The number of nitrogens with two attached hydrogens (primary N) is 1. The van der Waals surface area contributed by atoms with Crippen LogP contribution >= 0.6 is 0 Å². The van der Waals surface area contributed by atoms with Gasteiger partial charge < -0.3 is 25.3 Å². The van der Waals surface area contributed by atoms with Gasteiger partial charge in [0.05, 0.1) is 28.7 Å². The fourth-order valence-electron chi connectivity index (χ4n) is 3.47. The highest BCUT2D eigenvalue weighted by Crippen LogP contribution is 2.42. The molecule has 0 bridgehead atoms. The van der Waals surface area contributed by atoms with E-state index in [9.17, 15) is 19.7 Å². The molecule has 2 atom stereocenters. The van der Waals surface area contributed by atoms with Gasteiger partial charge in [0, 0.05) is 31.3 Å². The summed E-state index contributed by atoms with van der Waals surface area (Å²) >= 11 is 0. The zero-order chi connectivity index (χ0) is 22.3. The lowest BCUT2D eigenvalue weighted by Gasteiger charge is -2.35. The fraction of sp³-hybridized carbons (Fsp3) is 0.450. The van der Waals surface area contributed by atoms with Gasteiger partial charge in [-0.25, -0.2) is 9.59 Å². The molecule has 1 aliphatic heterocycles. The molecule has 162 valence electrons. The van der Waals surface area contributed by atoms with E-state index in [-0.39, 0.29) is 43.2 Å². The highest BCUT2D eigenvalue weighted by molar-refractivity contribution is 5.91. The minimum absolute atomic E-state index is 0.00181. The zero-order valence-corrected chi connectivity index (χ0v) is 17.1. The molecule has 1 heterocycles. The molecule has 0 amide bonds. The van der Waals surface area contributed by atoms with Crippen molar-refractivity contribution in [3.05, 3.63) is 62.3 Å². The lowest BCUT2D eigenvalue weighted by Crippen LogP contribution is -2.36. The molecule has 2 unspecified atom stereocenters. The molecule has 0 aromatic carbocycles. The van der Waals surface area contributed by atoms with E-state index >= 15 is 0 Å². The Morgan fingerprint density at radius 2 is 2.03 bits per heavy atom. The number of methoxy groups -OCH3 is 1. The Kier molecular flexibility index (Phi) is 8.11. The number of nitrogens with zero attached hydrogens (tertiary/aromatic N) is 1. The quantitative estimate of drug-likeness (QED) is 0.184. The average molecular weight is 419 g/mol. The van der Waals surface area contributed by atoms with Crippen LogP contribution in [0.1, 0.15) is 13.8 Å². The number of esters is 1. The van der Waals surface area contributed by atoms with Gasteiger partial charge >= 0.3 is 5.97 Å². The summed E-state index contributed by atoms with van der Waals surface area (Å²) in [5.41, 5.74) is 6.19. The van der Waals surface area contributed by atoms with E-state index in [0.29, 0.717) is 17.2 Å². The van der Waals surface area contributed by atoms with Gasteiger partial charge in [-0.15, -0.1) is 0 Å². The van der Waals surface area contributed by atoms with Crippen molar-refractivity contribution in [1.82, 2.24) is 5.32 Å². The summed E-state index contributed by atoms with van der Waals surface area (Å²) in [6.45, 7) is 4.04. The van der Waals surface area contributed by atoms with E-state index in [2.05, 4.69) is 5.32 Å². The number of rotatable bonds is 9. The van der Waals surface area contributed by atoms with Crippen molar-refractivity contribution >= 4 is 11.9 Å². The number of hydrogen-bond acceptors (Lipinski definition) is 9. The largest absolute Gasteiger partial charge is 0.493 e. The van der Waals surface area contributed by atoms with Crippen molar-refractivity contribution in [2.45, 2.75) is 13.8 Å². The molecule has 10 nitrogen and oxygen atoms in total. The summed E-state index contributed by atoms with van der Waals surface area (Å²) in [4.78, 5) is 35.4. The van der Waals surface area contributed by atoms with Crippen LogP contribution in [0, 0.1) is 22.0 Å². The van der Waals surface area contributed by atoms with Crippen molar-refractivity contribution < 1.29 is 28.7 Å². The Hall–Kier alpha value is -3.20. The maximum absolute atomic E-state index is 12.9. The lowest BCUT2D eigenvalue weighted by atomic mass is 9.75. The second-order valence-corrected chi connectivity index (χ2v) is 6.63. The first-order chi connectivity index (χ1) is 14.4. The van der Waals surface area contributed by atoms with Gasteiger partial charge in [-0.05, 0) is 13.8 Å². The molecule has 3 N–H and O–H groups in total. The molecule has 10 heteroatoms. The van der Waals surface area contributed by atoms with E-state index < -0.39 is 22.7 Å². The van der Waals surface area contributed by atoms with E-state index in [4.69, 9.17) is 19.9 Å². The summed E-state index contributed by atoms with van der Waals surface area (Å²) in [6, 6.07) is 0. The van der Waals surface area contributed by atoms with Crippen LogP contribution in [0.3, 0.4) is 0 Å². The van der Waals surface area contributed by atoms with Crippen molar-refractivity contribution in [3.8, 4) is 0 Å². The molecule has 30 heavy (non-hydrogen) atoms.